The van der Waals surface area contributed by atoms with Gasteiger partial charge in [-0.2, -0.15) is 5.10 Å². The molecule has 0 radical (unpaired) electrons. The molecular weight excluding hydrogens is 228 g/mol. The van der Waals surface area contributed by atoms with Crippen LogP contribution < -0.4 is 10.6 Å². The fourth-order valence-electron chi connectivity index (χ4n) is 2.30. The van der Waals surface area contributed by atoms with Gasteiger partial charge >= 0.3 is 0 Å². The molecule has 18 heavy (non-hydrogen) atoms. The normalized spacial score (nSPS) is 19.7. The van der Waals surface area contributed by atoms with Crippen LogP contribution in [0.3, 0.4) is 0 Å². The third-order valence-electron chi connectivity index (χ3n) is 3.29. The summed E-state index contributed by atoms with van der Waals surface area (Å²) >= 11 is 0. The number of rotatable bonds is 6. The van der Waals surface area contributed by atoms with Gasteiger partial charge in [0.2, 0.25) is 5.91 Å². The summed E-state index contributed by atoms with van der Waals surface area (Å²) in [7, 11) is 0. The highest BCUT2D eigenvalue weighted by Gasteiger charge is 2.15. The molecule has 1 atom stereocenters. The van der Waals surface area contributed by atoms with E-state index in [2.05, 4.69) is 15.7 Å². The molecule has 1 aliphatic rings. The Hall–Kier alpha value is -1.36. The molecule has 0 aromatic carbocycles. The van der Waals surface area contributed by atoms with Gasteiger partial charge in [0.1, 0.15) is 0 Å². The van der Waals surface area contributed by atoms with Crippen LogP contribution in [0.15, 0.2) is 18.5 Å². The molecule has 5 nitrogen and oxygen atoms in total. The molecule has 2 N–H and O–H groups in total. The molecular formula is C13H22N4O. The monoisotopic (exact) mass is 250 g/mol. The van der Waals surface area contributed by atoms with Gasteiger partial charge in [0.05, 0.1) is 0 Å². The predicted molar refractivity (Wildman–Crippen MR) is 70.1 cm³/mol. The second-order valence-electron chi connectivity index (χ2n) is 4.82. The zero-order valence-corrected chi connectivity index (χ0v) is 10.8. The van der Waals surface area contributed by atoms with E-state index in [0.29, 0.717) is 12.5 Å². The van der Waals surface area contributed by atoms with Gasteiger partial charge in [-0.25, -0.2) is 0 Å². The van der Waals surface area contributed by atoms with Gasteiger partial charge in [-0.3, -0.25) is 9.48 Å². The predicted octanol–water partition coefficient (Wildman–Crippen LogP) is 0.922. The van der Waals surface area contributed by atoms with E-state index in [-0.39, 0.29) is 5.91 Å². The van der Waals surface area contributed by atoms with Crippen molar-refractivity contribution in [3.05, 3.63) is 18.5 Å². The van der Waals surface area contributed by atoms with Crippen molar-refractivity contribution in [1.29, 1.82) is 0 Å². The summed E-state index contributed by atoms with van der Waals surface area (Å²) in [4.78, 5) is 11.7. The number of hydrogen-bond acceptors (Lipinski definition) is 3. The van der Waals surface area contributed by atoms with Crippen molar-refractivity contribution in [1.82, 2.24) is 20.4 Å². The summed E-state index contributed by atoms with van der Waals surface area (Å²) in [5, 5.41) is 10.5. The zero-order valence-electron chi connectivity index (χ0n) is 10.8. The maximum Gasteiger partial charge on any atom is 0.221 e. The van der Waals surface area contributed by atoms with Gasteiger partial charge in [-0.05, 0) is 31.9 Å². The Morgan fingerprint density at radius 3 is 3.17 bits per heavy atom. The Morgan fingerprint density at radius 1 is 1.50 bits per heavy atom. The maximum absolute atomic E-state index is 11.7. The Bertz CT molecular complexity index is 344. The molecule has 0 spiro atoms. The highest BCUT2D eigenvalue weighted by atomic mass is 16.1. The summed E-state index contributed by atoms with van der Waals surface area (Å²) in [6, 6.07) is 2.29. The summed E-state index contributed by atoms with van der Waals surface area (Å²) in [6.45, 7) is 2.64. The van der Waals surface area contributed by atoms with Crippen molar-refractivity contribution in [3.8, 4) is 0 Å². The Balaban J connectivity index is 1.54. The van der Waals surface area contributed by atoms with Gasteiger partial charge in [0.15, 0.2) is 0 Å². The van der Waals surface area contributed by atoms with Crippen molar-refractivity contribution in [2.75, 3.05) is 13.1 Å². The first kappa shape index (κ1) is 13.1. The van der Waals surface area contributed by atoms with E-state index in [1.54, 1.807) is 6.20 Å². The molecule has 2 heterocycles. The van der Waals surface area contributed by atoms with Crippen molar-refractivity contribution in [2.24, 2.45) is 0 Å². The average molecular weight is 250 g/mol. The number of nitrogens with one attached hydrogen (secondary N) is 2. The maximum atomic E-state index is 11.7. The fourth-order valence-corrected chi connectivity index (χ4v) is 2.30. The van der Waals surface area contributed by atoms with Gasteiger partial charge in [-0.1, -0.05) is 6.42 Å². The molecule has 2 rings (SSSR count). The van der Waals surface area contributed by atoms with Gasteiger partial charge < -0.3 is 10.6 Å². The van der Waals surface area contributed by atoms with Crippen LogP contribution >= 0.6 is 0 Å². The van der Waals surface area contributed by atoms with Crippen LogP contribution in [0.4, 0.5) is 0 Å². The van der Waals surface area contributed by atoms with Crippen LogP contribution in [0.5, 0.6) is 0 Å². The van der Waals surface area contributed by atoms with Crippen LogP contribution in [-0.4, -0.2) is 34.8 Å². The van der Waals surface area contributed by atoms with E-state index in [1.807, 2.05) is 16.9 Å². The van der Waals surface area contributed by atoms with Crippen LogP contribution in [0.2, 0.25) is 0 Å². The minimum absolute atomic E-state index is 0.162. The lowest BCUT2D eigenvalue weighted by atomic mass is 10.0. The van der Waals surface area contributed by atoms with Crippen LogP contribution in [0, 0.1) is 0 Å². The number of piperidine rings is 1. The Kier molecular flexibility index (Phi) is 5.20. The number of amides is 1. The van der Waals surface area contributed by atoms with Crippen molar-refractivity contribution in [3.63, 3.8) is 0 Å². The quantitative estimate of drug-likeness (QED) is 0.738. The van der Waals surface area contributed by atoms with E-state index in [9.17, 15) is 4.79 Å². The second-order valence-corrected chi connectivity index (χ2v) is 4.82. The molecule has 1 unspecified atom stereocenters. The minimum Gasteiger partial charge on any atom is -0.356 e. The van der Waals surface area contributed by atoms with Crippen molar-refractivity contribution in [2.45, 2.75) is 44.7 Å². The van der Waals surface area contributed by atoms with Gasteiger partial charge in [0, 0.05) is 37.9 Å². The van der Waals surface area contributed by atoms with Crippen molar-refractivity contribution >= 4 is 5.91 Å². The molecule has 1 aromatic rings. The molecule has 1 amide bonds. The summed E-state index contributed by atoms with van der Waals surface area (Å²) in [5.74, 6) is 0.162. The molecule has 1 aromatic heterocycles. The van der Waals surface area contributed by atoms with Crippen LogP contribution in [0.1, 0.15) is 32.1 Å². The third-order valence-corrected chi connectivity index (χ3v) is 3.29. The van der Waals surface area contributed by atoms with E-state index in [1.165, 1.54) is 12.8 Å². The molecule has 0 bridgehead atoms. The van der Waals surface area contributed by atoms with Crippen LogP contribution in [0.25, 0.3) is 0 Å². The van der Waals surface area contributed by atoms with Crippen molar-refractivity contribution < 1.29 is 4.79 Å². The fraction of sp³-hybridized carbons (Fsp3) is 0.692. The lowest BCUT2D eigenvalue weighted by molar-refractivity contribution is -0.121. The zero-order chi connectivity index (χ0) is 12.6. The van der Waals surface area contributed by atoms with E-state index < -0.39 is 0 Å². The smallest absolute Gasteiger partial charge is 0.221 e. The number of hydrogen-bond donors (Lipinski definition) is 2. The second kappa shape index (κ2) is 7.16. The third kappa shape index (κ3) is 4.49. The van der Waals surface area contributed by atoms with Gasteiger partial charge in [-0.15, -0.1) is 0 Å². The van der Waals surface area contributed by atoms with E-state index >= 15 is 0 Å². The Labute approximate surface area is 108 Å². The molecule has 0 saturated carbocycles. The molecule has 1 fully saturated rings. The first-order valence-corrected chi connectivity index (χ1v) is 6.82. The summed E-state index contributed by atoms with van der Waals surface area (Å²) in [6.07, 6.45) is 8.85. The Morgan fingerprint density at radius 2 is 2.44 bits per heavy atom. The minimum atomic E-state index is 0.162. The number of aromatic nitrogens is 2. The highest BCUT2D eigenvalue weighted by Crippen LogP contribution is 2.09. The van der Waals surface area contributed by atoms with E-state index in [4.69, 9.17) is 0 Å². The average Bonchev–Trinajstić information content (AvgIpc) is 2.89. The lowest BCUT2D eigenvalue weighted by Gasteiger charge is -2.22. The number of aryl methyl sites for hydroxylation is 1. The summed E-state index contributed by atoms with van der Waals surface area (Å²) < 4.78 is 1.88. The topological polar surface area (TPSA) is 59.0 Å². The molecule has 100 valence electrons. The van der Waals surface area contributed by atoms with Crippen LogP contribution in [-0.2, 0) is 11.3 Å². The van der Waals surface area contributed by atoms with E-state index in [0.717, 1.165) is 32.5 Å². The number of carbonyl (C=O) groups is 1. The highest BCUT2D eigenvalue weighted by molar-refractivity contribution is 5.76. The molecule has 0 aliphatic carbocycles. The number of carbonyl (C=O) groups excluding carboxylic acids is 1. The molecule has 5 heteroatoms. The molecule has 1 saturated heterocycles. The van der Waals surface area contributed by atoms with Gasteiger partial charge in [0.25, 0.3) is 0 Å². The largest absolute Gasteiger partial charge is 0.356 e. The molecule has 1 aliphatic heterocycles. The number of nitrogens with zero attached hydrogens (tertiary/aromatic N) is 2. The first-order valence-electron chi connectivity index (χ1n) is 6.82. The lowest BCUT2D eigenvalue weighted by Crippen LogP contribution is -2.39. The summed E-state index contributed by atoms with van der Waals surface area (Å²) in [5.41, 5.74) is 0. The standard InChI is InChI=1S/C13H22N4O/c18-13(11-12-5-1-2-6-14-12)15-7-3-9-17-10-4-8-16-17/h4,8,10,12,14H,1-3,5-7,9,11H2,(H,15,18). The first-order chi connectivity index (χ1) is 8.84. The SMILES string of the molecule is O=C(CC1CCCCN1)NCCCn1cccn1.